The molecule has 0 bridgehead atoms. The van der Waals surface area contributed by atoms with Gasteiger partial charge < -0.3 is 5.11 Å². The first kappa shape index (κ1) is 11.5. The molecule has 0 amide bonds. The Morgan fingerprint density at radius 2 is 2.06 bits per heavy atom. The van der Waals surface area contributed by atoms with Crippen LogP contribution in [0.15, 0.2) is 18.2 Å². The van der Waals surface area contributed by atoms with Crippen molar-refractivity contribution in [2.45, 2.75) is 31.8 Å². The van der Waals surface area contributed by atoms with Crippen LogP contribution in [0.1, 0.15) is 24.8 Å². The van der Waals surface area contributed by atoms with Crippen molar-refractivity contribution in [3.05, 3.63) is 34.6 Å². The SMILES string of the molecule is OC(Cc1ccc(F)cc1Cl)C1C2CCCC21. The zero-order valence-corrected chi connectivity index (χ0v) is 10.3. The largest absolute Gasteiger partial charge is 0.392 e. The Kier molecular flexibility index (Phi) is 2.87. The average molecular weight is 255 g/mol. The highest BCUT2D eigenvalue weighted by Crippen LogP contribution is 2.59. The summed E-state index contributed by atoms with van der Waals surface area (Å²) in [6, 6.07) is 4.40. The Morgan fingerprint density at radius 1 is 1.35 bits per heavy atom. The van der Waals surface area contributed by atoms with Crippen molar-refractivity contribution < 1.29 is 9.50 Å². The summed E-state index contributed by atoms with van der Waals surface area (Å²) in [7, 11) is 0. The maximum absolute atomic E-state index is 12.9. The monoisotopic (exact) mass is 254 g/mol. The molecule has 2 aliphatic rings. The molecule has 1 nitrogen and oxygen atoms in total. The Hall–Kier alpha value is -0.600. The number of benzene rings is 1. The molecule has 0 saturated heterocycles. The molecule has 0 aliphatic heterocycles. The standard InChI is InChI=1S/C14H16ClFO/c15-12-7-9(16)5-4-8(12)6-13(17)14-10-2-1-3-11(10)14/h4-5,7,10-11,13-14,17H,1-3,6H2. The van der Waals surface area contributed by atoms with Crippen LogP contribution in [0, 0.1) is 23.6 Å². The Morgan fingerprint density at radius 3 is 2.71 bits per heavy atom. The highest BCUT2D eigenvalue weighted by molar-refractivity contribution is 6.31. The molecule has 92 valence electrons. The predicted octanol–water partition coefficient (Wildman–Crippen LogP) is 3.43. The first-order valence-electron chi connectivity index (χ1n) is 6.29. The van der Waals surface area contributed by atoms with E-state index in [2.05, 4.69) is 0 Å². The third kappa shape index (κ3) is 2.09. The molecule has 1 N–H and O–H groups in total. The van der Waals surface area contributed by atoms with Gasteiger partial charge in [0.15, 0.2) is 0 Å². The molecule has 0 aromatic heterocycles. The quantitative estimate of drug-likeness (QED) is 0.876. The van der Waals surface area contributed by atoms with E-state index in [1.807, 2.05) is 0 Å². The first-order chi connectivity index (χ1) is 8.16. The molecule has 0 radical (unpaired) electrons. The molecule has 2 aliphatic carbocycles. The molecule has 17 heavy (non-hydrogen) atoms. The van der Waals surface area contributed by atoms with E-state index in [0.717, 1.165) is 17.4 Å². The van der Waals surface area contributed by atoms with Gasteiger partial charge in [0.2, 0.25) is 0 Å². The minimum absolute atomic E-state index is 0.312. The Balaban J connectivity index is 1.66. The zero-order valence-electron chi connectivity index (χ0n) is 9.57. The third-order valence-corrected chi connectivity index (χ3v) is 4.71. The van der Waals surface area contributed by atoms with E-state index in [4.69, 9.17) is 11.6 Å². The lowest BCUT2D eigenvalue weighted by molar-refractivity contribution is 0.135. The Labute approximate surface area is 106 Å². The summed E-state index contributed by atoms with van der Waals surface area (Å²) in [5, 5.41) is 10.6. The van der Waals surface area contributed by atoms with Gasteiger partial charge in [-0.15, -0.1) is 0 Å². The van der Waals surface area contributed by atoms with Gasteiger partial charge in [-0.1, -0.05) is 24.1 Å². The fourth-order valence-corrected chi connectivity index (χ4v) is 3.74. The third-order valence-electron chi connectivity index (χ3n) is 4.36. The number of hydrogen-bond donors (Lipinski definition) is 1. The number of fused-ring (bicyclic) bond motifs is 1. The van der Waals surface area contributed by atoms with E-state index in [0.29, 0.717) is 17.4 Å². The average Bonchev–Trinajstić information content (AvgIpc) is 2.77. The predicted molar refractivity (Wildman–Crippen MR) is 65.4 cm³/mol. The molecule has 0 heterocycles. The summed E-state index contributed by atoms with van der Waals surface area (Å²) < 4.78 is 12.9. The minimum Gasteiger partial charge on any atom is -0.392 e. The number of hydrogen-bond acceptors (Lipinski definition) is 1. The van der Waals surface area contributed by atoms with Crippen molar-refractivity contribution in [1.82, 2.24) is 0 Å². The molecular formula is C14H16ClFO. The van der Waals surface area contributed by atoms with Crippen LogP contribution in [0.5, 0.6) is 0 Å². The zero-order chi connectivity index (χ0) is 12.0. The molecule has 3 atom stereocenters. The van der Waals surface area contributed by atoms with Gasteiger partial charge >= 0.3 is 0 Å². The summed E-state index contributed by atoms with van der Waals surface area (Å²) in [6.07, 6.45) is 4.09. The van der Waals surface area contributed by atoms with Crippen molar-refractivity contribution >= 4 is 11.6 Å². The van der Waals surface area contributed by atoms with Crippen LogP contribution in [-0.4, -0.2) is 11.2 Å². The smallest absolute Gasteiger partial charge is 0.124 e. The van der Waals surface area contributed by atoms with Gasteiger partial charge in [-0.3, -0.25) is 0 Å². The van der Waals surface area contributed by atoms with E-state index in [9.17, 15) is 9.50 Å². The first-order valence-corrected chi connectivity index (χ1v) is 6.66. The fraction of sp³-hybridized carbons (Fsp3) is 0.571. The number of halogens is 2. The Bertz CT molecular complexity index is 424. The molecular weight excluding hydrogens is 239 g/mol. The fourth-order valence-electron chi connectivity index (χ4n) is 3.50. The lowest BCUT2D eigenvalue weighted by Crippen LogP contribution is -2.16. The molecule has 3 rings (SSSR count). The number of rotatable bonds is 3. The molecule has 3 heteroatoms. The van der Waals surface area contributed by atoms with Gasteiger partial charge in [-0.25, -0.2) is 4.39 Å². The van der Waals surface area contributed by atoms with Crippen LogP contribution in [0.25, 0.3) is 0 Å². The highest BCUT2D eigenvalue weighted by atomic mass is 35.5. The second kappa shape index (κ2) is 4.25. The van der Waals surface area contributed by atoms with Gasteiger partial charge in [-0.05, 0) is 48.3 Å². The number of aliphatic hydroxyl groups excluding tert-OH is 1. The van der Waals surface area contributed by atoms with Gasteiger partial charge in [-0.2, -0.15) is 0 Å². The van der Waals surface area contributed by atoms with Crippen LogP contribution >= 0.6 is 11.6 Å². The normalized spacial score (nSPS) is 32.3. The molecule has 2 saturated carbocycles. The van der Waals surface area contributed by atoms with E-state index in [-0.39, 0.29) is 11.9 Å². The summed E-state index contributed by atoms with van der Waals surface area (Å²) >= 11 is 5.97. The maximum Gasteiger partial charge on any atom is 0.124 e. The summed E-state index contributed by atoms with van der Waals surface area (Å²) in [4.78, 5) is 0. The lowest BCUT2D eigenvalue weighted by Gasteiger charge is -2.13. The van der Waals surface area contributed by atoms with Crippen molar-refractivity contribution in [2.24, 2.45) is 17.8 Å². The highest BCUT2D eigenvalue weighted by Gasteiger charge is 2.55. The van der Waals surface area contributed by atoms with Crippen LogP contribution in [-0.2, 0) is 6.42 Å². The maximum atomic E-state index is 12.9. The van der Waals surface area contributed by atoms with Crippen molar-refractivity contribution in [1.29, 1.82) is 0 Å². The summed E-state index contributed by atoms with van der Waals surface area (Å²) in [5.74, 6) is 1.62. The van der Waals surface area contributed by atoms with E-state index in [1.54, 1.807) is 6.07 Å². The van der Waals surface area contributed by atoms with Gasteiger partial charge in [0.1, 0.15) is 5.82 Å². The van der Waals surface area contributed by atoms with Gasteiger partial charge in [0.25, 0.3) is 0 Å². The second-order valence-electron chi connectivity index (χ2n) is 5.34. The van der Waals surface area contributed by atoms with Crippen molar-refractivity contribution in [3.8, 4) is 0 Å². The minimum atomic E-state index is -0.323. The number of aliphatic hydroxyl groups is 1. The summed E-state index contributed by atoms with van der Waals surface area (Å²) in [5.41, 5.74) is 0.852. The van der Waals surface area contributed by atoms with Crippen molar-refractivity contribution in [2.75, 3.05) is 0 Å². The molecule has 0 spiro atoms. The van der Waals surface area contributed by atoms with Gasteiger partial charge in [0.05, 0.1) is 6.10 Å². The second-order valence-corrected chi connectivity index (χ2v) is 5.75. The van der Waals surface area contributed by atoms with E-state index >= 15 is 0 Å². The molecule has 3 unspecified atom stereocenters. The molecule has 2 fully saturated rings. The van der Waals surface area contributed by atoms with Gasteiger partial charge in [0, 0.05) is 11.4 Å². The van der Waals surface area contributed by atoms with Crippen LogP contribution in [0.4, 0.5) is 4.39 Å². The topological polar surface area (TPSA) is 20.2 Å². The van der Waals surface area contributed by atoms with E-state index in [1.165, 1.54) is 31.4 Å². The van der Waals surface area contributed by atoms with E-state index < -0.39 is 0 Å². The molecule has 1 aromatic carbocycles. The van der Waals surface area contributed by atoms with Crippen molar-refractivity contribution in [3.63, 3.8) is 0 Å². The summed E-state index contributed by atoms with van der Waals surface area (Å²) in [6.45, 7) is 0. The molecule has 1 aromatic rings. The van der Waals surface area contributed by atoms with Crippen LogP contribution in [0.3, 0.4) is 0 Å². The van der Waals surface area contributed by atoms with Crippen LogP contribution in [0.2, 0.25) is 5.02 Å². The van der Waals surface area contributed by atoms with Crippen LogP contribution < -0.4 is 0 Å². The lowest BCUT2D eigenvalue weighted by atomic mass is 9.99.